The molecule has 0 amide bonds. The second-order valence-corrected chi connectivity index (χ2v) is 6.14. The van der Waals surface area contributed by atoms with Gasteiger partial charge in [0.2, 0.25) is 0 Å². The summed E-state index contributed by atoms with van der Waals surface area (Å²) < 4.78 is 36.7. The zero-order valence-electron chi connectivity index (χ0n) is 9.91. The van der Waals surface area contributed by atoms with Crippen molar-refractivity contribution in [2.75, 3.05) is 6.67 Å². The van der Waals surface area contributed by atoms with Crippen LogP contribution in [0.5, 0.6) is 0 Å². The Balaban J connectivity index is 3.31. The van der Waals surface area contributed by atoms with Crippen LogP contribution in [0.2, 0.25) is 0 Å². The number of alkyl halides is 1. The predicted octanol–water partition coefficient (Wildman–Crippen LogP) is 2.29. The summed E-state index contributed by atoms with van der Waals surface area (Å²) in [6, 6.07) is 0. The van der Waals surface area contributed by atoms with Crippen molar-refractivity contribution in [3.8, 4) is 0 Å². The van der Waals surface area contributed by atoms with E-state index in [-0.39, 0.29) is 4.90 Å². The smallest absolute Gasteiger partial charge is 0.264 e. The monoisotopic (exact) mass is 282 g/mol. The van der Waals surface area contributed by atoms with Crippen LogP contribution in [0.1, 0.15) is 31.7 Å². The van der Waals surface area contributed by atoms with Crippen molar-refractivity contribution in [1.82, 2.24) is 9.78 Å². The molecule has 0 saturated heterocycles. The molecule has 0 saturated carbocycles. The fraction of sp³-hybridized carbons (Fsp3) is 0.700. The van der Waals surface area contributed by atoms with Crippen molar-refractivity contribution in [3.63, 3.8) is 0 Å². The first-order valence-corrected chi connectivity index (χ1v) is 7.85. The molecular weight excluding hydrogens is 267 g/mol. The molecule has 17 heavy (non-hydrogen) atoms. The Morgan fingerprint density at radius 2 is 2.00 bits per heavy atom. The topological polar surface area (TPSA) is 52.0 Å². The molecule has 0 unspecified atom stereocenters. The lowest BCUT2D eigenvalue weighted by molar-refractivity contribution is 0.429. The number of hydrogen-bond donors (Lipinski definition) is 0. The van der Waals surface area contributed by atoms with Crippen molar-refractivity contribution in [1.29, 1.82) is 0 Å². The number of nitrogens with zero attached hydrogens (tertiary/aromatic N) is 2. The maximum Gasteiger partial charge on any atom is 0.264 e. The third kappa shape index (κ3) is 3.19. The van der Waals surface area contributed by atoms with Crippen LogP contribution in [0.4, 0.5) is 4.39 Å². The molecule has 1 rings (SSSR count). The Hall–Kier alpha value is -0.620. The van der Waals surface area contributed by atoms with E-state index >= 15 is 0 Å². The highest BCUT2D eigenvalue weighted by Crippen LogP contribution is 2.25. The van der Waals surface area contributed by atoms with Gasteiger partial charge in [-0.1, -0.05) is 13.8 Å². The summed E-state index contributed by atoms with van der Waals surface area (Å²) in [6.07, 6.45) is 1.30. The summed E-state index contributed by atoms with van der Waals surface area (Å²) in [7, 11) is 1.62. The summed E-state index contributed by atoms with van der Waals surface area (Å²) in [6.45, 7) is 3.56. The van der Waals surface area contributed by atoms with Gasteiger partial charge >= 0.3 is 0 Å². The van der Waals surface area contributed by atoms with E-state index in [0.29, 0.717) is 37.2 Å². The summed E-state index contributed by atoms with van der Waals surface area (Å²) in [5.41, 5.74) is 1.01. The molecule has 0 bridgehead atoms. The maximum atomic E-state index is 12.2. The second-order valence-electron chi connectivity index (χ2n) is 3.63. The molecule has 0 fully saturated rings. The Morgan fingerprint density at radius 3 is 2.41 bits per heavy atom. The van der Waals surface area contributed by atoms with Gasteiger partial charge in [-0.15, -0.1) is 0 Å². The van der Waals surface area contributed by atoms with Crippen LogP contribution in [0.25, 0.3) is 0 Å². The average Bonchev–Trinajstić information content (AvgIpc) is 2.63. The van der Waals surface area contributed by atoms with Crippen LogP contribution >= 0.6 is 10.7 Å². The number of hydrogen-bond acceptors (Lipinski definition) is 3. The Labute approximate surface area is 105 Å². The molecule has 0 aromatic carbocycles. The fourth-order valence-electron chi connectivity index (χ4n) is 1.79. The number of rotatable bonds is 6. The lowest BCUT2D eigenvalue weighted by atomic mass is 10.2. The van der Waals surface area contributed by atoms with E-state index in [1.165, 1.54) is 0 Å². The van der Waals surface area contributed by atoms with E-state index in [1.54, 1.807) is 4.68 Å². The fourth-order valence-corrected chi connectivity index (χ4v) is 3.32. The molecule has 0 N–H and O–H groups in total. The highest BCUT2D eigenvalue weighted by molar-refractivity contribution is 8.13. The van der Waals surface area contributed by atoms with Gasteiger partial charge in [0.15, 0.2) is 0 Å². The van der Waals surface area contributed by atoms with Crippen LogP contribution < -0.4 is 0 Å². The van der Waals surface area contributed by atoms with Crippen molar-refractivity contribution >= 4 is 19.7 Å². The summed E-state index contributed by atoms with van der Waals surface area (Å²) in [5.74, 6) is 0. The lowest BCUT2D eigenvalue weighted by Gasteiger charge is -2.04. The molecule has 4 nitrogen and oxygen atoms in total. The molecule has 1 heterocycles. The molecule has 0 spiro atoms. The van der Waals surface area contributed by atoms with Crippen LogP contribution in [0.3, 0.4) is 0 Å². The molecule has 0 radical (unpaired) electrons. The minimum absolute atomic E-state index is 0.100. The number of halogens is 2. The third-order valence-corrected chi connectivity index (χ3v) is 3.92. The molecule has 7 heteroatoms. The predicted molar refractivity (Wildman–Crippen MR) is 64.6 cm³/mol. The van der Waals surface area contributed by atoms with Crippen LogP contribution in [-0.4, -0.2) is 24.9 Å². The molecule has 0 aliphatic carbocycles. The first-order valence-electron chi connectivity index (χ1n) is 5.54. The Morgan fingerprint density at radius 1 is 1.35 bits per heavy atom. The number of aryl methyl sites for hydroxylation is 2. The van der Waals surface area contributed by atoms with Gasteiger partial charge < -0.3 is 0 Å². The highest BCUT2D eigenvalue weighted by Gasteiger charge is 2.25. The van der Waals surface area contributed by atoms with Crippen LogP contribution in [0.15, 0.2) is 4.90 Å². The van der Waals surface area contributed by atoms with Gasteiger partial charge in [0, 0.05) is 17.2 Å². The van der Waals surface area contributed by atoms with Gasteiger partial charge in [-0.2, -0.15) is 5.10 Å². The summed E-state index contributed by atoms with van der Waals surface area (Å²) in [5, 5.41) is 4.19. The SMILES string of the molecule is CCc1nn(CCCF)c(CC)c1S(=O)(=O)Cl. The zero-order chi connectivity index (χ0) is 13.1. The Bertz CT molecular complexity index is 485. The van der Waals surface area contributed by atoms with Gasteiger partial charge in [0.05, 0.1) is 18.1 Å². The lowest BCUT2D eigenvalue weighted by Crippen LogP contribution is -2.06. The van der Waals surface area contributed by atoms with E-state index in [9.17, 15) is 12.8 Å². The molecule has 1 aromatic heterocycles. The van der Waals surface area contributed by atoms with E-state index in [2.05, 4.69) is 5.10 Å². The first-order chi connectivity index (χ1) is 7.95. The normalized spacial score (nSPS) is 12.0. The molecule has 0 atom stereocenters. The second kappa shape index (κ2) is 5.82. The standard InChI is InChI=1S/C10H16ClFN2O2S/c1-3-8-10(17(11,15)16)9(4-2)14(13-8)7-5-6-12/h3-7H2,1-2H3. The molecule has 1 aromatic rings. The van der Waals surface area contributed by atoms with Gasteiger partial charge in [0.25, 0.3) is 9.05 Å². The van der Waals surface area contributed by atoms with E-state index in [4.69, 9.17) is 10.7 Å². The van der Waals surface area contributed by atoms with Crippen LogP contribution in [0, 0.1) is 0 Å². The van der Waals surface area contributed by atoms with Crippen molar-refractivity contribution in [2.45, 2.75) is 44.6 Å². The average molecular weight is 283 g/mol. The minimum atomic E-state index is -3.80. The minimum Gasteiger partial charge on any atom is -0.268 e. The van der Waals surface area contributed by atoms with Gasteiger partial charge in [-0.3, -0.25) is 9.07 Å². The van der Waals surface area contributed by atoms with Crippen molar-refractivity contribution < 1.29 is 12.8 Å². The highest BCUT2D eigenvalue weighted by atomic mass is 35.7. The van der Waals surface area contributed by atoms with E-state index < -0.39 is 15.7 Å². The molecule has 0 aliphatic heterocycles. The number of aromatic nitrogens is 2. The maximum absolute atomic E-state index is 12.2. The Kier molecular flexibility index (Phi) is 4.94. The van der Waals surface area contributed by atoms with E-state index in [1.807, 2.05) is 13.8 Å². The quantitative estimate of drug-likeness (QED) is 0.752. The van der Waals surface area contributed by atoms with E-state index in [0.717, 1.165) is 0 Å². The van der Waals surface area contributed by atoms with Crippen LogP contribution in [-0.2, 0) is 28.4 Å². The third-order valence-electron chi connectivity index (χ3n) is 2.49. The van der Waals surface area contributed by atoms with Gasteiger partial charge in [-0.25, -0.2) is 8.42 Å². The summed E-state index contributed by atoms with van der Waals surface area (Å²) >= 11 is 0. The molecule has 0 aliphatic rings. The zero-order valence-corrected chi connectivity index (χ0v) is 11.5. The van der Waals surface area contributed by atoms with Gasteiger partial charge in [0.1, 0.15) is 4.90 Å². The van der Waals surface area contributed by atoms with Gasteiger partial charge in [-0.05, 0) is 19.3 Å². The van der Waals surface area contributed by atoms with Crippen molar-refractivity contribution in [2.24, 2.45) is 0 Å². The first kappa shape index (κ1) is 14.4. The molecule has 98 valence electrons. The largest absolute Gasteiger partial charge is 0.268 e. The van der Waals surface area contributed by atoms with Crippen molar-refractivity contribution in [3.05, 3.63) is 11.4 Å². The molecular formula is C10H16ClFN2O2S. The summed E-state index contributed by atoms with van der Waals surface area (Å²) in [4.78, 5) is 0.100.